The Bertz CT molecular complexity index is 134. The van der Waals surface area contributed by atoms with Gasteiger partial charge < -0.3 is 10.8 Å². The fraction of sp³-hybridized carbons (Fsp3) is 0.889. The summed E-state index contributed by atoms with van der Waals surface area (Å²) in [6.07, 6.45) is 2.81. The summed E-state index contributed by atoms with van der Waals surface area (Å²) in [7, 11) is 0. The highest BCUT2D eigenvalue weighted by atomic mass is 16.4. The quantitative estimate of drug-likeness (QED) is 0.641. The Balaban J connectivity index is 3.33. The number of hydrogen-bond donors (Lipinski definition) is 2. The van der Waals surface area contributed by atoms with Crippen LogP contribution in [0.2, 0.25) is 0 Å². The van der Waals surface area contributed by atoms with Crippen LogP contribution in [-0.2, 0) is 4.79 Å². The molecule has 0 saturated heterocycles. The number of carbonyl (C=O) groups is 1. The molecule has 0 bridgehead atoms. The summed E-state index contributed by atoms with van der Waals surface area (Å²) in [5.74, 6) is -0.101. The van der Waals surface area contributed by atoms with E-state index in [0.29, 0.717) is 12.3 Å². The molecule has 0 spiro atoms. The van der Waals surface area contributed by atoms with Gasteiger partial charge >= 0.3 is 5.97 Å². The Hall–Kier alpha value is -0.570. The molecule has 3 N–H and O–H groups in total. The van der Waals surface area contributed by atoms with Crippen LogP contribution < -0.4 is 5.73 Å². The number of carboxylic acid groups (broad SMARTS) is 1. The third-order valence-electron chi connectivity index (χ3n) is 1.84. The molecule has 0 aliphatic heterocycles. The first kappa shape index (κ1) is 11.4. The van der Waals surface area contributed by atoms with Crippen LogP contribution in [0.5, 0.6) is 0 Å². The first-order valence-electron chi connectivity index (χ1n) is 4.49. The highest BCUT2D eigenvalue weighted by Gasteiger charge is 2.06. The number of nitrogens with two attached hydrogens (primary N) is 1. The number of rotatable bonds is 6. The van der Waals surface area contributed by atoms with Crippen LogP contribution in [0.15, 0.2) is 0 Å². The van der Waals surface area contributed by atoms with Gasteiger partial charge in [-0.1, -0.05) is 13.8 Å². The van der Waals surface area contributed by atoms with E-state index in [1.807, 2.05) is 0 Å². The lowest BCUT2D eigenvalue weighted by Gasteiger charge is -2.11. The van der Waals surface area contributed by atoms with E-state index in [9.17, 15) is 4.79 Å². The summed E-state index contributed by atoms with van der Waals surface area (Å²) in [6, 6.07) is 0.0588. The molecule has 0 fully saturated rings. The molecule has 0 aromatic rings. The van der Waals surface area contributed by atoms with Gasteiger partial charge in [0.15, 0.2) is 0 Å². The van der Waals surface area contributed by atoms with Gasteiger partial charge in [-0.15, -0.1) is 0 Å². The summed E-state index contributed by atoms with van der Waals surface area (Å²) < 4.78 is 0. The van der Waals surface area contributed by atoms with E-state index < -0.39 is 5.97 Å². The molecule has 72 valence electrons. The van der Waals surface area contributed by atoms with Gasteiger partial charge in [0.05, 0.1) is 0 Å². The molecule has 0 aromatic carbocycles. The second-order valence-electron chi connectivity index (χ2n) is 3.66. The topological polar surface area (TPSA) is 63.3 Å². The van der Waals surface area contributed by atoms with E-state index in [4.69, 9.17) is 10.8 Å². The van der Waals surface area contributed by atoms with E-state index in [0.717, 1.165) is 12.8 Å². The summed E-state index contributed by atoms with van der Waals surface area (Å²) in [5, 5.41) is 8.38. The van der Waals surface area contributed by atoms with E-state index >= 15 is 0 Å². The van der Waals surface area contributed by atoms with Crippen LogP contribution in [-0.4, -0.2) is 17.1 Å². The number of hydrogen-bond acceptors (Lipinski definition) is 2. The van der Waals surface area contributed by atoms with Crippen LogP contribution in [0.3, 0.4) is 0 Å². The monoisotopic (exact) mass is 173 g/mol. The van der Waals surface area contributed by atoms with Crippen LogP contribution in [0.1, 0.15) is 39.5 Å². The SMILES string of the molecule is CC(C)CCC(N)CCC(=O)O. The van der Waals surface area contributed by atoms with Crippen molar-refractivity contribution >= 4 is 5.97 Å². The maximum Gasteiger partial charge on any atom is 0.303 e. The largest absolute Gasteiger partial charge is 0.481 e. The van der Waals surface area contributed by atoms with Crippen molar-refractivity contribution in [1.82, 2.24) is 0 Å². The minimum absolute atomic E-state index is 0.0588. The predicted molar refractivity (Wildman–Crippen MR) is 48.9 cm³/mol. The van der Waals surface area contributed by atoms with Crippen LogP contribution in [0.4, 0.5) is 0 Å². The molecular formula is C9H19NO2. The molecule has 0 heterocycles. The Kier molecular flexibility index (Phi) is 5.72. The fourth-order valence-corrected chi connectivity index (χ4v) is 1.00. The first-order valence-corrected chi connectivity index (χ1v) is 4.49. The molecule has 1 atom stereocenters. The number of aliphatic carboxylic acids is 1. The Morgan fingerprint density at radius 2 is 1.92 bits per heavy atom. The van der Waals surface area contributed by atoms with Crippen molar-refractivity contribution in [2.45, 2.75) is 45.6 Å². The second kappa shape index (κ2) is 6.00. The maximum atomic E-state index is 10.2. The minimum Gasteiger partial charge on any atom is -0.481 e. The zero-order valence-corrected chi connectivity index (χ0v) is 7.92. The Morgan fingerprint density at radius 3 is 2.33 bits per heavy atom. The van der Waals surface area contributed by atoms with Crippen molar-refractivity contribution in [3.05, 3.63) is 0 Å². The summed E-state index contributed by atoms with van der Waals surface area (Å²) in [5.41, 5.74) is 5.71. The summed E-state index contributed by atoms with van der Waals surface area (Å²) in [4.78, 5) is 10.2. The van der Waals surface area contributed by atoms with Crippen molar-refractivity contribution in [1.29, 1.82) is 0 Å². The third-order valence-corrected chi connectivity index (χ3v) is 1.84. The van der Waals surface area contributed by atoms with Crippen LogP contribution >= 0.6 is 0 Å². The molecule has 0 aliphatic carbocycles. The molecule has 1 unspecified atom stereocenters. The van der Waals surface area contributed by atoms with E-state index in [2.05, 4.69) is 13.8 Å². The molecule has 0 aliphatic rings. The zero-order valence-electron chi connectivity index (χ0n) is 7.92. The van der Waals surface area contributed by atoms with Gasteiger partial charge in [-0.25, -0.2) is 0 Å². The smallest absolute Gasteiger partial charge is 0.303 e. The van der Waals surface area contributed by atoms with Gasteiger partial charge in [0.2, 0.25) is 0 Å². The van der Waals surface area contributed by atoms with Gasteiger partial charge in [0.1, 0.15) is 0 Å². The third kappa shape index (κ3) is 7.54. The number of carboxylic acids is 1. The molecule has 3 heteroatoms. The van der Waals surface area contributed by atoms with Crippen LogP contribution in [0.25, 0.3) is 0 Å². The standard InChI is InChI=1S/C9H19NO2/c1-7(2)3-4-8(10)5-6-9(11)12/h7-8H,3-6,10H2,1-2H3,(H,11,12). The average molecular weight is 173 g/mol. The highest BCUT2D eigenvalue weighted by molar-refractivity contribution is 5.66. The van der Waals surface area contributed by atoms with E-state index in [-0.39, 0.29) is 12.5 Å². The first-order chi connectivity index (χ1) is 5.52. The highest BCUT2D eigenvalue weighted by Crippen LogP contribution is 2.08. The van der Waals surface area contributed by atoms with Crippen molar-refractivity contribution in [2.24, 2.45) is 11.7 Å². The lowest BCUT2D eigenvalue weighted by Crippen LogP contribution is -2.21. The molecule has 0 radical (unpaired) electrons. The molecule has 3 nitrogen and oxygen atoms in total. The molecule has 0 saturated carbocycles. The van der Waals surface area contributed by atoms with Gasteiger partial charge in [-0.05, 0) is 25.2 Å². The fourth-order valence-electron chi connectivity index (χ4n) is 1.00. The normalized spacial score (nSPS) is 13.3. The molecule has 12 heavy (non-hydrogen) atoms. The van der Waals surface area contributed by atoms with Crippen LogP contribution in [0, 0.1) is 5.92 Å². The van der Waals surface area contributed by atoms with Gasteiger partial charge in [-0.2, -0.15) is 0 Å². The summed E-state index contributed by atoms with van der Waals surface area (Å²) in [6.45, 7) is 4.29. The molecule has 0 amide bonds. The van der Waals surface area contributed by atoms with Gasteiger partial charge in [0, 0.05) is 12.5 Å². The van der Waals surface area contributed by atoms with Crippen molar-refractivity contribution in [2.75, 3.05) is 0 Å². The van der Waals surface area contributed by atoms with E-state index in [1.165, 1.54) is 0 Å². The predicted octanol–water partition coefficient (Wildman–Crippen LogP) is 1.61. The zero-order chi connectivity index (χ0) is 9.56. The van der Waals surface area contributed by atoms with Gasteiger partial charge in [0.25, 0.3) is 0 Å². The second-order valence-corrected chi connectivity index (χ2v) is 3.66. The van der Waals surface area contributed by atoms with E-state index in [1.54, 1.807) is 0 Å². The average Bonchev–Trinajstić information content (AvgIpc) is 1.96. The lowest BCUT2D eigenvalue weighted by molar-refractivity contribution is -0.137. The minimum atomic E-state index is -0.755. The van der Waals surface area contributed by atoms with Crippen molar-refractivity contribution in [3.8, 4) is 0 Å². The molecular weight excluding hydrogens is 154 g/mol. The Labute approximate surface area is 74.0 Å². The molecule has 0 aromatic heterocycles. The lowest BCUT2D eigenvalue weighted by atomic mass is 10.0. The van der Waals surface area contributed by atoms with Gasteiger partial charge in [-0.3, -0.25) is 4.79 Å². The summed E-state index contributed by atoms with van der Waals surface area (Å²) >= 11 is 0. The molecule has 0 rings (SSSR count). The maximum absolute atomic E-state index is 10.2. The van der Waals surface area contributed by atoms with Crippen molar-refractivity contribution in [3.63, 3.8) is 0 Å². The van der Waals surface area contributed by atoms with Crippen molar-refractivity contribution < 1.29 is 9.90 Å². The Morgan fingerprint density at radius 1 is 1.33 bits per heavy atom.